The first kappa shape index (κ1) is 16.9. The molecule has 1 N–H and O–H groups in total. The van der Waals surface area contributed by atoms with E-state index in [1.54, 1.807) is 0 Å². The van der Waals surface area contributed by atoms with Gasteiger partial charge in [0.15, 0.2) is 0 Å². The molecule has 0 saturated heterocycles. The molecule has 0 aromatic rings. The molecule has 0 aromatic carbocycles. The number of amides is 1. The highest BCUT2D eigenvalue weighted by Crippen LogP contribution is 2.16. The summed E-state index contributed by atoms with van der Waals surface area (Å²) in [5.74, 6) is 0.167. The van der Waals surface area contributed by atoms with Crippen molar-refractivity contribution < 1.29 is 14.7 Å². The fourth-order valence-electron chi connectivity index (χ4n) is 2.17. The number of rotatable bonds is 8. The Balaban J connectivity index is 4.40. The minimum Gasteiger partial charge on any atom is -0.480 e. The Morgan fingerprint density at radius 3 is 2.00 bits per heavy atom. The average molecular weight is 257 g/mol. The lowest BCUT2D eigenvalue weighted by atomic mass is 9.95. The number of carboxylic acid groups (broad SMARTS) is 1. The molecule has 0 saturated carbocycles. The quantitative estimate of drug-likeness (QED) is 0.727. The number of hydrogen-bond acceptors (Lipinski definition) is 2. The number of aliphatic carboxylic acids is 1. The number of nitrogens with zero attached hydrogens (tertiary/aromatic N) is 1. The van der Waals surface area contributed by atoms with Crippen LogP contribution in [-0.2, 0) is 9.59 Å². The lowest BCUT2D eigenvalue weighted by Crippen LogP contribution is -2.38. The second-order valence-electron chi connectivity index (χ2n) is 6.00. The summed E-state index contributed by atoms with van der Waals surface area (Å²) < 4.78 is 0. The van der Waals surface area contributed by atoms with Crippen molar-refractivity contribution in [3.8, 4) is 0 Å². The lowest BCUT2D eigenvalue weighted by Gasteiger charge is -2.24. The first-order valence-electron chi connectivity index (χ1n) is 6.71. The van der Waals surface area contributed by atoms with Crippen molar-refractivity contribution in [2.45, 2.75) is 47.5 Å². The standard InChI is InChI=1S/C14H27NO3/c1-10(2)6-12(5)7-13(16)15(8-11(3)4)9-14(17)18/h10-12H,6-9H2,1-5H3,(H,17,18). The van der Waals surface area contributed by atoms with Crippen LogP contribution in [0.25, 0.3) is 0 Å². The normalized spacial score (nSPS) is 12.8. The highest BCUT2D eigenvalue weighted by Gasteiger charge is 2.20. The Morgan fingerprint density at radius 1 is 1.06 bits per heavy atom. The van der Waals surface area contributed by atoms with Crippen molar-refractivity contribution in [3.05, 3.63) is 0 Å². The second-order valence-corrected chi connectivity index (χ2v) is 6.00. The summed E-state index contributed by atoms with van der Waals surface area (Å²) in [6.07, 6.45) is 1.44. The number of carboxylic acids is 1. The molecule has 106 valence electrons. The lowest BCUT2D eigenvalue weighted by molar-refractivity contribution is -0.145. The van der Waals surface area contributed by atoms with Gasteiger partial charge in [-0.2, -0.15) is 0 Å². The maximum atomic E-state index is 12.1. The van der Waals surface area contributed by atoms with Gasteiger partial charge in [-0.15, -0.1) is 0 Å². The maximum absolute atomic E-state index is 12.1. The highest BCUT2D eigenvalue weighted by molar-refractivity contribution is 5.81. The summed E-state index contributed by atoms with van der Waals surface area (Å²) in [7, 11) is 0. The molecule has 1 unspecified atom stereocenters. The third-order valence-electron chi connectivity index (χ3n) is 2.66. The van der Waals surface area contributed by atoms with Crippen LogP contribution in [0.15, 0.2) is 0 Å². The maximum Gasteiger partial charge on any atom is 0.323 e. The second kappa shape index (κ2) is 8.11. The predicted octanol–water partition coefficient (Wildman–Crippen LogP) is 2.63. The van der Waals surface area contributed by atoms with Crippen LogP contribution in [0.3, 0.4) is 0 Å². The molecule has 4 heteroatoms. The molecule has 0 aliphatic rings. The van der Waals surface area contributed by atoms with E-state index in [0.29, 0.717) is 24.8 Å². The molecule has 0 radical (unpaired) electrons. The molecule has 0 aromatic heterocycles. The van der Waals surface area contributed by atoms with E-state index in [1.165, 1.54) is 4.90 Å². The zero-order valence-corrected chi connectivity index (χ0v) is 12.3. The van der Waals surface area contributed by atoms with Crippen molar-refractivity contribution >= 4 is 11.9 Å². The van der Waals surface area contributed by atoms with E-state index in [4.69, 9.17) is 5.11 Å². The van der Waals surface area contributed by atoms with Gasteiger partial charge in [-0.05, 0) is 24.2 Å². The van der Waals surface area contributed by atoms with Crippen molar-refractivity contribution in [2.24, 2.45) is 17.8 Å². The molecule has 0 aliphatic carbocycles. The summed E-state index contributed by atoms with van der Waals surface area (Å²) in [5, 5.41) is 8.83. The molecule has 1 amide bonds. The number of carbonyl (C=O) groups excluding carboxylic acids is 1. The van der Waals surface area contributed by atoms with Crippen LogP contribution in [0.4, 0.5) is 0 Å². The molecule has 0 aliphatic heterocycles. The molecule has 0 rings (SSSR count). The van der Waals surface area contributed by atoms with E-state index in [2.05, 4.69) is 13.8 Å². The third-order valence-corrected chi connectivity index (χ3v) is 2.66. The fraction of sp³-hybridized carbons (Fsp3) is 0.857. The fourth-order valence-corrected chi connectivity index (χ4v) is 2.17. The van der Waals surface area contributed by atoms with Crippen LogP contribution in [0, 0.1) is 17.8 Å². The molecule has 18 heavy (non-hydrogen) atoms. The largest absolute Gasteiger partial charge is 0.480 e. The van der Waals surface area contributed by atoms with Crippen LogP contribution in [-0.4, -0.2) is 35.0 Å². The minimum absolute atomic E-state index is 0.0424. The first-order chi connectivity index (χ1) is 8.22. The van der Waals surface area contributed by atoms with E-state index in [9.17, 15) is 9.59 Å². The van der Waals surface area contributed by atoms with Crippen LogP contribution < -0.4 is 0 Å². The summed E-state index contributed by atoms with van der Waals surface area (Å²) in [6.45, 7) is 10.6. The van der Waals surface area contributed by atoms with Gasteiger partial charge in [0.2, 0.25) is 5.91 Å². The number of carbonyl (C=O) groups is 2. The molecular weight excluding hydrogens is 230 g/mol. The smallest absolute Gasteiger partial charge is 0.323 e. The van der Waals surface area contributed by atoms with Gasteiger partial charge in [-0.1, -0.05) is 34.6 Å². The molecule has 4 nitrogen and oxygen atoms in total. The van der Waals surface area contributed by atoms with E-state index in [1.807, 2.05) is 20.8 Å². The topological polar surface area (TPSA) is 57.6 Å². The molecule has 0 spiro atoms. The van der Waals surface area contributed by atoms with Gasteiger partial charge in [0.1, 0.15) is 6.54 Å². The third kappa shape index (κ3) is 8.09. The Labute approximate surface area is 110 Å². The van der Waals surface area contributed by atoms with Crippen LogP contribution in [0.2, 0.25) is 0 Å². The molecule has 0 bridgehead atoms. The number of hydrogen-bond donors (Lipinski definition) is 1. The van der Waals surface area contributed by atoms with Gasteiger partial charge in [-0.25, -0.2) is 0 Å². The van der Waals surface area contributed by atoms with Gasteiger partial charge in [0.05, 0.1) is 0 Å². The van der Waals surface area contributed by atoms with Crippen LogP contribution >= 0.6 is 0 Å². The van der Waals surface area contributed by atoms with Gasteiger partial charge in [-0.3, -0.25) is 9.59 Å². The summed E-state index contributed by atoms with van der Waals surface area (Å²) in [5.41, 5.74) is 0. The Kier molecular flexibility index (Phi) is 7.64. The molecule has 1 atom stereocenters. The highest BCUT2D eigenvalue weighted by atomic mass is 16.4. The van der Waals surface area contributed by atoms with E-state index in [0.717, 1.165) is 6.42 Å². The predicted molar refractivity (Wildman–Crippen MR) is 72.3 cm³/mol. The van der Waals surface area contributed by atoms with Crippen molar-refractivity contribution in [1.82, 2.24) is 4.90 Å². The van der Waals surface area contributed by atoms with Crippen molar-refractivity contribution in [1.29, 1.82) is 0 Å². The molecule has 0 heterocycles. The van der Waals surface area contributed by atoms with Crippen LogP contribution in [0.5, 0.6) is 0 Å². The van der Waals surface area contributed by atoms with Crippen LogP contribution in [0.1, 0.15) is 47.5 Å². The van der Waals surface area contributed by atoms with Crippen molar-refractivity contribution in [2.75, 3.05) is 13.1 Å². The summed E-state index contributed by atoms with van der Waals surface area (Å²) in [4.78, 5) is 24.3. The Morgan fingerprint density at radius 2 is 1.61 bits per heavy atom. The van der Waals surface area contributed by atoms with Gasteiger partial charge >= 0.3 is 5.97 Å². The minimum atomic E-state index is -0.944. The zero-order chi connectivity index (χ0) is 14.3. The molecular formula is C14H27NO3. The molecule has 0 fully saturated rings. The summed E-state index contributed by atoms with van der Waals surface area (Å²) >= 11 is 0. The van der Waals surface area contributed by atoms with Gasteiger partial charge < -0.3 is 10.0 Å². The SMILES string of the molecule is CC(C)CC(C)CC(=O)N(CC(=O)O)CC(C)C. The van der Waals surface area contributed by atoms with E-state index < -0.39 is 5.97 Å². The van der Waals surface area contributed by atoms with Gasteiger partial charge in [0.25, 0.3) is 0 Å². The monoisotopic (exact) mass is 257 g/mol. The van der Waals surface area contributed by atoms with E-state index in [-0.39, 0.29) is 18.4 Å². The van der Waals surface area contributed by atoms with E-state index >= 15 is 0 Å². The zero-order valence-electron chi connectivity index (χ0n) is 12.3. The first-order valence-corrected chi connectivity index (χ1v) is 6.71. The Hall–Kier alpha value is -1.06. The van der Waals surface area contributed by atoms with Gasteiger partial charge in [0, 0.05) is 13.0 Å². The van der Waals surface area contributed by atoms with Crippen molar-refractivity contribution in [3.63, 3.8) is 0 Å². The average Bonchev–Trinajstić information content (AvgIpc) is 2.13. The summed E-state index contributed by atoms with van der Waals surface area (Å²) in [6, 6.07) is 0. The Bertz CT molecular complexity index is 274.